The van der Waals surface area contributed by atoms with Gasteiger partial charge in [-0.05, 0) is 55.2 Å². The second-order valence-electron chi connectivity index (χ2n) is 5.30. The van der Waals surface area contributed by atoms with Crippen molar-refractivity contribution in [2.24, 2.45) is 0 Å². The maximum atomic E-state index is 13.6. The Hall–Kier alpha value is -2.23. The smallest absolute Gasteiger partial charge is 0.258 e. The molecule has 3 rings (SSSR count). The Morgan fingerprint density at radius 1 is 1.14 bits per heavy atom. The average molecular weight is 287 g/mol. The van der Waals surface area contributed by atoms with Gasteiger partial charge in [0.15, 0.2) is 0 Å². The molecule has 0 fully saturated rings. The van der Waals surface area contributed by atoms with Crippen LogP contribution in [0.5, 0.6) is 0 Å². The zero-order valence-corrected chi connectivity index (χ0v) is 11.7. The summed E-state index contributed by atoms with van der Waals surface area (Å²) < 4.78 is 27.1. The summed E-state index contributed by atoms with van der Waals surface area (Å²) in [6.07, 6.45) is 1.64. The number of halogens is 2. The summed E-state index contributed by atoms with van der Waals surface area (Å²) in [6, 6.07) is 8.91. The zero-order valence-electron chi connectivity index (χ0n) is 11.7. The number of carbonyl (C=O) groups excluding carboxylic acids is 1. The summed E-state index contributed by atoms with van der Waals surface area (Å²) in [5.41, 5.74) is 2.32. The van der Waals surface area contributed by atoms with Crippen molar-refractivity contribution in [3.8, 4) is 0 Å². The van der Waals surface area contributed by atoms with Crippen LogP contribution in [0.25, 0.3) is 0 Å². The molecule has 0 N–H and O–H groups in total. The van der Waals surface area contributed by atoms with Crippen molar-refractivity contribution < 1.29 is 13.6 Å². The molecule has 1 aliphatic heterocycles. The lowest BCUT2D eigenvalue weighted by Crippen LogP contribution is -2.35. The number of carbonyl (C=O) groups is 1. The number of hydrogen-bond donors (Lipinski definition) is 0. The molecule has 0 aromatic heterocycles. The maximum absolute atomic E-state index is 13.6. The third-order valence-electron chi connectivity index (χ3n) is 3.83. The third kappa shape index (κ3) is 2.53. The average Bonchev–Trinajstić information content (AvgIpc) is 2.48. The van der Waals surface area contributed by atoms with E-state index in [1.54, 1.807) is 25.1 Å². The summed E-state index contributed by atoms with van der Waals surface area (Å²) >= 11 is 0. The van der Waals surface area contributed by atoms with Crippen LogP contribution in [-0.2, 0) is 6.42 Å². The lowest BCUT2D eigenvalue weighted by Gasteiger charge is -2.29. The molecule has 4 heteroatoms. The Morgan fingerprint density at radius 2 is 1.95 bits per heavy atom. The predicted octanol–water partition coefficient (Wildman–Crippen LogP) is 3.87. The van der Waals surface area contributed by atoms with Gasteiger partial charge >= 0.3 is 0 Å². The molecule has 0 unspecified atom stereocenters. The van der Waals surface area contributed by atoms with E-state index < -0.39 is 5.82 Å². The first-order chi connectivity index (χ1) is 10.1. The zero-order chi connectivity index (χ0) is 15.0. The first-order valence-corrected chi connectivity index (χ1v) is 6.93. The molecular formula is C17H15F2NO. The molecule has 1 aliphatic rings. The van der Waals surface area contributed by atoms with E-state index >= 15 is 0 Å². The molecule has 0 radical (unpaired) electrons. The van der Waals surface area contributed by atoms with Crippen LogP contribution in [-0.4, -0.2) is 12.5 Å². The van der Waals surface area contributed by atoms with E-state index in [4.69, 9.17) is 0 Å². The van der Waals surface area contributed by atoms with Gasteiger partial charge in [0, 0.05) is 12.1 Å². The minimum atomic E-state index is -0.405. The van der Waals surface area contributed by atoms with Crippen molar-refractivity contribution in [3.63, 3.8) is 0 Å². The number of rotatable bonds is 1. The summed E-state index contributed by atoms with van der Waals surface area (Å²) in [4.78, 5) is 14.1. The first kappa shape index (κ1) is 13.7. The molecule has 2 aromatic rings. The molecule has 0 aliphatic carbocycles. The molecule has 0 saturated carbocycles. The van der Waals surface area contributed by atoms with Gasteiger partial charge in [-0.1, -0.05) is 12.1 Å². The van der Waals surface area contributed by atoms with E-state index in [1.807, 2.05) is 0 Å². The highest BCUT2D eigenvalue weighted by Crippen LogP contribution is 2.29. The van der Waals surface area contributed by atoms with Crippen LogP contribution < -0.4 is 4.90 Å². The molecule has 1 amide bonds. The van der Waals surface area contributed by atoms with Gasteiger partial charge in [0.05, 0.1) is 5.69 Å². The highest BCUT2D eigenvalue weighted by Gasteiger charge is 2.24. The van der Waals surface area contributed by atoms with E-state index in [0.29, 0.717) is 17.8 Å². The minimum absolute atomic E-state index is 0.287. The van der Waals surface area contributed by atoms with Crippen LogP contribution >= 0.6 is 0 Å². The van der Waals surface area contributed by atoms with Crippen molar-refractivity contribution in [1.82, 2.24) is 0 Å². The van der Waals surface area contributed by atoms with Gasteiger partial charge in [-0.2, -0.15) is 0 Å². The first-order valence-electron chi connectivity index (χ1n) is 6.93. The Balaban J connectivity index is 1.99. The van der Waals surface area contributed by atoms with Gasteiger partial charge in [-0.15, -0.1) is 0 Å². The quantitative estimate of drug-likeness (QED) is 0.779. The van der Waals surface area contributed by atoms with E-state index in [2.05, 4.69) is 0 Å². The van der Waals surface area contributed by atoms with Crippen LogP contribution in [0.15, 0.2) is 36.4 Å². The number of benzene rings is 2. The van der Waals surface area contributed by atoms with Crippen LogP contribution in [0.2, 0.25) is 0 Å². The molecule has 108 valence electrons. The number of fused-ring (bicyclic) bond motifs is 1. The molecule has 0 bridgehead atoms. The lowest BCUT2D eigenvalue weighted by molar-refractivity contribution is 0.0984. The summed E-state index contributed by atoms with van der Waals surface area (Å²) in [6.45, 7) is 2.17. The normalized spacial score (nSPS) is 14.0. The fourth-order valence-corrected chi connectivity index (χ4v) is 2.64. The molecular weight excluding hydrogens is 272 g/mol. The van der Waals surface area contributed by atoms with Gasteiger partial charge in [-0.3, -0.25) is 4.79 Å². The van der Waals surface area contributed by atoms with Crippen molar-refractivity contribution in [1.29, 1.82) is 0 Å². The lowest BCUT2D eigenvalue weighted by atomic mass is 10.0. The molecule has 1 heterocycles. The Bertz CT molecular complexity index is 712. The standard InChI is InChI=1S/C17H15F2NO/c1-11-4-5-13(9-15(11)19)17(21)20-8-2-3-12-6-7-14(18)10-16(12)20/h4-7,9-10H,2-3,8H2,1H3. The van der Waals surface area contributed by atoms with Gasteiger partial charge in [0.25, 0.3) is 5.91 Å². The van der Waals surface area contributed by atoms with Crippen molar-refractivity contribution in [3.05, 3.63) is 64.7 Å². The van der Waals surface area contributed by atoms with E-state index in [-0.39, 0.29) is 17.3 Å². The number of anilines is 1. The molecule has 2 aromatic carbocycles. The van der Waals surface area contributed by atoms with Crippen LogP contribution in [0.4, 0.5) is 14.5 Å². The number of hydrogen-bond acceptors (Lipinski definition) is 1. The Labute approximate surface area is 122 Å². The topological polar surface area (TPSA) is 20.3 Å². The van der Waals surface area contributed by atoms with Crippen molar-refractivity contribution in [2.75, 3.05) is 11.4 Å². The second-order valence-corrected chi connectivity index (χ2v) is 5.30. The van der Waals surface area contributed by atoms with Gasteiger partial charge in [0.2, 0.25) is 0 Å². The van der Waals surface area contributed by atoms with Crippen LogP contribution in [0.3, 0.4) is 0 Å². The van der Waals surface area contributed by atoms with Crippen LogP contribution in [0.1, 0.15) is 27.9 Å². The molecule has 2 nitrogen and oxygen atoms in total. The molecule has 0 saturated heterocycles. The monoisotopic (exact) mass is 287 g/mol. The summed E-state index contributed by atoms with van der Waals surface area (Å²) in [5.74, 6) is -1.07. The van der Waals surface area contributed by atoms with Crippen LogP contribution in [0, 0.1) is 18.6 Å². The third-order valence-corrected chi connectivity index (χ3v) is 3.83. The Kier molecular flexibility index (Phi) is 3.45. The van der Waals surface area contributed by atoms with Gasteiger partial charge in [0.1, 0.15) is 11.6 Å². The van der Waals surface area contributed by atoms with Gasteiger partial charge < -0.3 is 4.90 Å². The summed E-state index contributed by atoms with van der Waals surface area (Å²) in [5, 5.41) is 0. The number of nitrogens with zero attached hydrogens (tertiary/aromatic N) is 1. The number of amides is 1. The summed E-state index contributed by atoms with van der Waals surface area (Å²) in [7, 11) is 0. The van der Waals surface area contributed by atoms with Crippen molar-refractivity contribution >= 4 is 11.6 Å². The van der Waals surface area contributed by atoms with E-state index in [1.165, 1.54) is 23.1 Å². The SMILES string of the molecule is Cc1ccc(C(=O)N2CCCc3ccc(F)cc32)cc1F. The fourth-order valence-electron chi connectivity index (χ4n) is 2.64. The predicted molar refractivity (Wildman–Crippen MR) is 77.5 cm³/mol. The fraction of sp³-hybridized carbons (Fsp3) is 0.235. The Morgan fingerprint density at radius 3 is 2.71 bits per heavy atom. The number of aryl methyl sites for hydroxylation is 2. The van der Waals surface area contributed by atoms with E-state index in [9.17, 15) is 13.6 Å². The molecule has 21 heavy (non-hydrogen) atoms. The molecule has 0 atom stereocenters. The molecule has 0 spiro atoms. The second kappa shape index (κ2) is 5.28. The minimum Gasteiger partial charge on any atom is -0.308 e. The maximum Gasteiger partial charge on any atom is 0.258 e. The highest BCUT2D eigenvalue weighted by atomic mass is 19.1. The highest BCUT2D eigenvalue weighted by molar-refractivity contribution is 6.06. The van der Waals surface area contributed by atoms with Gasteiger partial charge in [-0.25, -0.2) is 8.78 Å². The van der Waals surface area contributed by atoms with E-state index in [0.717, 1.165) is 18.4 Å². The van der Waals surface area contributed by atoms with Crippen molar-refractivity contribution in [2.45, 2.75) is 19.8 Å². The largest absolute Gasteiger partial charge is 0.308 e.